The van der Waals surface area contributed by atoms with Gasteiger partial charge in [0, 0.05) is 31.6 Å². The van der Waals surface area contributed by atoms with Crippen molar-refractivity contribution < 1.29 is 9.59 Å². The molecule has 1 saturated heterocycles. The summed E-state index contributed by atoms with van der Waals surface area (Å²) in [7, 11) is 0. The highest BCUT2D eigenvalue weighted by molar-refractivity contribution is 5.94. The molecule has 0 spiro atoms. The van der Waals surface area contributed by atoms with Gasteiger partial charge in [-0.1, -0.05) is 12.1 Å². The van der Waals surface area contributed by atoms with Gasteiger partial charge < -0.3 is 21.3 Å². The molecule has 2 amide bonds. The Hall–Kier alpha value is -1.92. The summed E-state index contributed by atoms with van der Waals surface area (Å²) in [5.41, 5.74) is 7.00. The maximum atomic E-state index is 12.1. The van der Waals surface area contributed by atoms with Crippen LogP contribution in [0.3, 0.4) is 0 Å². The molecule has 1 aliphatic rings. The van der Waals surface area contributed by atoms with E-state index in [2.05, 4.69) is 15.5 Å². The van der Waals surface area contributed by atoms with Gasteiger partial charge in [-0.3, -0.25) is 9.59 Å². The Kier molecular flexibility index (Phi) is 7.71. The Morgan fingerprint density at radius 3 is 2.46 bits per heavy atom. The van der Waals surface area contributed by atoms with Crippen molar-refractivity contribution in [2.24, 2.45) is 5.73 Å². The van der Waals surface area contributed by atoms with Crippen LogP contribution in [0, 0.1) is 0 Å². The average Bonchev–Trinajstić information content (AvgIpc) is 3.12. The second kappa shape index (κ2) is 10.1. The number of nitrogens with two attached hydrogens (primary N) is 1. The molecule has 0 saturated carbocycles. The molecule has 0 aromatic heterocycles. The molecule has 0 unspecified atom stereocenters. The van der Waals surface area contributed by atoms with Gasteiger partial charge in [-0.15, -0.1) is 0 Å². The molecule has 6 heteroatoms. The zero-order valence-electron chi connectivity index (χ0n) is 14.2. The van der Waals surface area contributed by atoms with E-state index in [1.54, 1.807) is 12.1 Å². The summed E-state index contributed by atoms with van der Waals surface area (Å²) in [5, 5.41) is 5.80. The van der Waals surface area contributed by atoms with Crippen LogP contribution in [0.5, 0.6) is 0 Å². The molecule has 1 aromatic rings. The first-order valence-electron chi connectivity index (χ1n) is 8.75. The third kappa shape index (κ3) is 6.29. The molecule has 1 aromatic carbocycles. The molecular formula is C18H28N4O2. The van der Waals surface area contributed by atoms with Crippen LogP contribution in [0.15, 0.2) is 24.3 Å². The molecular weight excluding hydrogens is 304 g/mol. The summed E-state index contributed by atoms with van der Waals surface area (Å²) >= 11 is 0. The minimum absolute atomic E-state index is 0.00387. The Morgan fingerprint density at radius 2 is 1.79 bits per heavy atom. The lowest BCUT2D eigenvalue weighted by Crippen LogP contribution is -2.33. The summed E-state index contributed by atoms with van der Waals surface area (Å²) in [4.78, 5) is 26.0. The molecule has 132 valence electrons. The van der Waals surface area contributed by atoms with E-state index in [-0.39, 0.29) is 11.8 Å². The first kappa shape index (κ1) is 18.4. The molecule has 1 fully saturated rings. The van der Waals surface area contributed by atoms with Gasteiger partial charge in [-0.2, -0.15) is 0 Å². The van der Waals surface area contributed by atoms with E-state index >= 15 is 0 Å². The molecule has 2 rings (SSSR count). The third-order valence-electron chi connectivity index (χ3n) is 4.23. The molecule has 0 aliphatic carbocycles. The second-order valence-corrected chi connectivity index (χ2v) is 6.17. The van der Waals surface area contributed by atoms with Crippen LogP contribution in [0.25, 0.3) is 0 Å². The third-order valence-corrected chi connectivity index (χ3v) is 4.23. The van der Waals surface area contributed by atoms with Crippen molar-refractivity contribution >= 4 is 11.8 Å². The van der Waals surface area contributed by atoms with Crippen molar-refractivity contribution in [1.82, 2.24) is 15.5 Å². The van der Waals surface area contributed by atoms with Gasteiger partial charge in [0.15, 0.2) is 0 Å². The largest absolute Gasteiger partial charge is 0.352 e. The van der Waals surface area contributed by atoms with Gasteiger partial charge in [-0.05, 0) is 56.6 Å². The minimum Gasteiger partial charge on any atom is -0.352 e. The molecule has 0 bridgehead atoms. The summed E-state index contributed by atoms with van der Waals surface area (Å²) in [6, 6.07) is 7.34. The zero-order valence-corrected chi connectivity index (χ0v) is 14.2. The van der Waals surface area contributed by atoms with Gasteiger partial charge >= 0.3 is 0 Å². The van der Waals surface area contributed by atoms with E-state index in [1.165, 1.54) is 12.8 Å². The lowest BCUT2D eigenvalue weighted by molar-refractivity contribution is -0.121. The van der Waals surface area contributed by atoms with Crippen LogP contribution in [-0.2, 0) is 11.3 Å². The molecule has 0 radical (unpaired) electrons. The molecule has 24 heavy (non-hydrogen) atoms. The number of nitrogens with zero attached hydrogens (tertiary/aromatic N) is 1. The fourth-order valence-corrected chi connectivity index (χ4v) is 2.76. The Bertz CT molecular complexity index is 524. The fourth-order valence-electron chi connectivity index (χ4n) is 2.76. The number of rotatable bonds is 9. The van der Waals surface area contributed by atoms with Gasteiger partial charge in [0.1, 0.15) is 0 Å². The molecule has 1 heterocycles. The Morgan fingerprint density at radius 1 is 1.08 bits per heavy atom. The molecule has 0 atom stereocenters. The number of hydrogen-bond acceptors (Lipinski definition) is 4. The smallest absolute Gasteiger partial charge is 0.251 e. The number of carbonyl (C=O) groups excluding carboxylic acids is 2. The standard InChI is InChI=1S/C18H28N4O2/c19-9-3-4-17(23)21-14-15-5-7-16(8-6-15)18(24)20-10-13-22-11-1-2-12-22/h5-8H,1-4,9-14,19H2,(H,20,24)(H,21,23). The lowest BCUT2D eigenvalue weighted by atomic mass is 10.1. The fraction of sp³-hybridized carbons (Fsp3) is 0.556. The summed E-state index contributed by atoms with van der Waals surface area (Å²) in [6.45, 7) is 4.87. The van der Waals surface area contributed by atoms with Gasteiger partial charge in [-0.25, -0.2) is 0 Å². The zero-order chi connectivity index (χ0) is 17.2. The molecule has 6 nitrogen and oxygen atoms in total. The van der Waals surface area contributed by atoms with E-state index in [9.17, 15) is 9.59 Å². The van der Waals surface area contributed by atoms with E-state index in [1.807, 2.05) is 12.1 Å². The predicted octanol–water partition coefficient (Wildman–Crippen LogP) is 0.867. The van der Waals surface area contributed by atoms with Gasteiger partial charge in [0.25, 0.3) is 5.91 Å². The highest BCUT2D eigenvalue weighted by Crippen LogP contribution is 2.07. The number of benzene rings is 1. The van der Waals surface area contributed by atoms with Crippen molar-refractivity contribution in [2.45, 2.75) is 32.2 Å². The maximum Gasteiger partial charge on any atom is 0.251 e. The van der Waals surface area contributed by atoms with E-state index < -0.39 is 0 Å². The van der Waals surface area contributed by atoms with Crippen LogP contribution < -0.4 is 16.4 Å². The number of nitrogens with one attached hydrogen (secondary N) is 2. The monoisotopic (exact) mass is 332 g/mol. The van der Waals surface area contributed by atoms with Gasteiger partial charge in [0.05, 0.1) is 0 Å². The average molecular weight is 332 g/mol. The Labute approximate surface area is 143 Å². The van der Waals surface area contributed by atoms with Crippen molar-refractivity contribution in [3.63, 3.8) is 0 Å². The number of hydrogen-bond donors (Lipinski definition) is 3. The van der Waals surface area contributed by atoms with Crippen molar-refractivity contribution in [3.8, 4) is 0 Å². The maximum absolute atomic E-state index is 12.1. The number of amides is 2. The Balaban J connectivity index is 1.70. The highest BCUT2D eigenvalue weighted by atomic mass is 16.2. The van der Waals surface area contributed by atoms with Crippen LogP contribution in [0.2, 0.25) is 0 Å². The minimum atomic E-state index is -0.0484. The van der Waals surface area contributed by atoms with E-state index in [0.29, 0.717) is 38.0 Å². The normalized spacial score (nSPS) is 14.5. The highest BCUT2D eigenvalue weighted by Gasteiger charge is 2.11. The topological polar surface area (TPSA) is 87.5 Å². The summed E-state index contributed by atoms with van der Waals surface area (Å²) < 4.78 is 0. The van der Waals surface area contributed by atoms with Crippen LogP contribution >= 0.6 is 0 Å². The first-order chi connectivity index (χ1) is 11.7. The molecule has 4 N–H and O–H groups in total. The first-order valence-corrected chi connectivity index (χ1v) is 8.75. The SMILES string of the molecule is NCCCC(=O)NCc1ccc(C(=O)NCCN2CCCC2)cc1. The number of carbonyl (C=O) groups is 2. The molecule has 1 aliphatic heterocycles. The quantitative estimate of drug-likeness (QED) is 0.626. The van der Waals surface area contributed by atoms with Crippen molar-refractivity contribution in [3.05, 3.63) is 35.4 Å². The van der Waals surface area contributed by atoms with Crippen molar-refractivity contribution in [2.75, 3.05) is 32.7 Å². The number of likely N-dealkylation sites (tertiary alicyclic amines) is 1. The van der Waals surface area contributed by atoms with E-state index in [4.69, 9.17) is 5.73 Å². The lowest BCUT2D eigenvalue weighted by Gasteiger charge is -2.14. The second-order valence-electron chi connectivity index (χ2n) is 6.17. The summed E-state index contributed by atoms with van der Waals surface area (Å²) in [5.74, 6) is -0.0445. The van der Waals surface area contributed by atoms with Crippen molar-refractivity contribution in [1.29, 1.82) is 0 Å². The predicted molar refractivity (Wildman–Crippen MR) is 94.6 cm³/mol. The van der Waals surface area contributed by atoms with Crippen LogP contribution in [0.1, 0.15) is 41.6 Å². The van der Waals surface area contributed by atoms with Crippen LogP contribution in [-0.4, -0.2) is 49.4 Å². The summed E-state index contributed by atoms with van der Waals surface area (Å²) in [6.07, 6.45) is 3.67. The van der Waals surface area contributed by atoms with Gasteiger partial charge in [0.2, 0.25) is 5.91 Å². The van der Waals surface area contributed by atoms with E-state index in [0.717, 1.165) is 25.2 Å². The van der Waals surface area contributed by atoms with Crippen LogP contribution in [0.4, 0.5) is 0 Å².